The number of aliphatic hydroxyl groups excluding tert-OH is 1. The number of amides is 1. The molecular weight excluding hydrogens is 379 g/mol. The number of carboxylic acid groups (broad SMARTS) is 1. The summed E-state index contributed by atoms with van der Waals surface area (Å²) in [6.07, 6.45) is -1.14. The molecule has 1 fully saturated rings. The summed E-state index contributed by atoms with van der Waals surface area (Å²) in [6.45, 7) is 0.0325. The number of H-pyrrole nitrogens is 1. The van der Waals surface area contributed by atoms with Crippen LogP contribution in [0.1, 0.15) is 22.3 Å². The Hall–Kier alpha value is -3.33. The van der Waals surface area contributed by atoms with E-state index in [1.165, 1.54) is 23.1 Å². The summed E-state index contributed by atoms with van der Waals surface area (Å²) >= 11 is 0. The molecule has 150 valence electrons. The lowest BCUT2D eigenvalue weighted by Crippen LogP contribution is -2.58. The molecular formula is C20H19FN4O4. The quantitative estimate of drug-likeness (QED) is 0.614. The maximum absolute atomic E-state index is 13.6. The van der Waals surface area contributed by atoms with Gasteiger partial charge in [0.05, 0.1) is 6.10 Å². The molecule has 0 saturated carbocycles. The average Bonchev–Trinajstić information content (AvgIpc) is 3.17. The molecule has 9 heteroatoms. The molecule has 3 N–H and O–H groups in total. The fourth-order valence-corrected chi connectivity index (χ4v) is 3.88. The van der Waals surface area contributed by atoms with E-state index in [0.29, 0.717) is 22.2 Å². The minimum atomic E-state index is -1.63. The Morgan fingerprint density at radius 3 is 2.76 bits per heavy atom. The molecule has 1 amide bonds. The van der Waals surface area contributed by atoms with E-state index in [2.05, 4.69) is 15.4 Å². The van der Waals surface area contributed by atoms with E-state index < -0.39 is 23.3 Å². The van der Waals surface area contributed by atoms with Gasteiger partial charge in [-0.05, 0) is 48.7 Å². The summed E-state index contributed by atoms with van der Waals surface area (Å²) in [5, 5.41) is 30.9. The highest BCUT2D eigenvalue weighted by Crippen LogP contribution is 2.35. The molecule has 2 atom stereocenters. The van der Waals surface area contributed by atoms with Crippen molar-refractivity contribution in [3.05, 3.63) is 59.4 Å². The summed E-state index contributed by atoms with van der Waals surface area (Å²) in [6, 6.07) is 10.5. The molecule has 0 bridgehead atoms. The van der Waals surface area contributed by atoms with Gasteiger partial charge in [-0.2, -0.15) is 15.4 Å². The van der Waals surface area contributed by atoms with Gasteiger partial charge in [0.2, 0.25) is 0 Å². The van der Waals surface area contributed by atoms with Crippen LogP contribution in [0.15, 0.2) is 42.5 Å². The number of carbonyl (C=O) groups excluding carboxylic acids is 1. The van der Waals surface area contributed by atoms with Gasteiger partial charge in [-0.15, -0.1) is 0 Å². The number of aliphatic hydroxyl groups is 1. The van der Waals surface area contributed by atoms with Crippen LogP contribution in [0.5, 0.6) is 0 Å². The zero-order valence-electron chi connectivity index (χ0n) is 15.4. The van der Waals surface area contributed by atoms with E-state index in [0.717, 1.165) is 0 Å². The normalized spacial score (nSPS) is 22.0. The van der Waals surface area contributed by atoms with Crippen molar-refractivity contribution in [3.63, 3.8) is 0 Å². The van der Waals surface area contributed by atoms with E-state index in [1.807, 2.05) is 0 Å². The second-order valence-corrected chi connectivity index (χ2v) is 7.33. The number of piperidine rings is 1. The maximum Gasteiger partial charge on any atom is 0.314 e. The van der Waals surface area contributed by atoms with Gasteiger partial charge in [-0.25, -0.2) is 4.39 Å². The number of benzene rings is 2. The maximum atomic E-state index is 13.6. The first-order valence-electron chi connectivity index (χ1n) is 9.15. The molecule has 1 aliphatic heterocycles. The first kappa shape index (κ1) is 19.0. The largest absolute Gasteiger partial charge is 0.481 e. The predicted molar refractivity (Wildman–Crippen MR) is 101 cm³/mol. The number of nitrogens with zero attached hydrogens (tertiary/aromatic N) is 3. The number of halogens is 1. The van der Waals surface area contributed by atoms with Gasteiger partial charge in [0, 0.05) is 18.7 Å². The van der Waals surface area contributed by atoms with Gasteiger partial charge in [0.25, 0.3) is 5.91 Å². The van der Waals surface area contributed by atoms with Gasteiger partial charge >= 0.3 is 5.97 Å². The molecule has 0 radical (unpaired) electrons. The minimum Gasteiger partial charge on any atom is -0.481 e. The van der Waals surface area contributed by atoms with Crippen molar-refractivity contribution in [1.82, 2.24) is 20.3 Å². The van der Waals surface area contributed by atoms with Gasteiger partial charge in [0.1, 0.15) is 22.3 Å². The summed E-state index contributed by atoms with van der Waals surface area (Å²) in [4.78, 5) is 26.6. The van der Waals surface area contributed by atoms with Crippen LogP contribution >= 0.6 is 0 Å². The number of hydrogen-bond acceptors (Lipinski definition) is 5. The molecule has 0 aliphatic carbocycles. The van der Waals surface area contributed by atoms with Gasteiger partial charge in [0.15, 0.2) is 0 Å². The Morgan fingerprint density at radius 1 is 1.21 bits per heavy atom. The smallest absolute Gasteiger partial charge is 0.314 e. The number of nitrogens with one attached hydrogen (secondary N) is 1. The molecule has 1 aromatic heterocycles. The first-order chi connectivity index (χ1) is 13.9. The van der Waals surface area contributed by atoms with Crippen LogP contribution < -0.4 is 0 Å². The summed E-state index contributed by atoms with van der Waals surface area (Å²) < 4.78 is 13.6. The number of rotatable bonds is 4. The van der Waals surface area contributed by atoms with Crippen molar-refractivity contribution >= 4 is 22.9 Å². The van der Waals surface area contributed by atoms with Crippen LogP contribution in [-0.4, -0.2) is 61.6 Å². The molecule has 8 nitrogen and oxygen atoms in total. The number of likely N-dealkylation sites (tertiary alicyclic amines) is 1. The molecule has 1 saturated heterocycles. The molecule has 1 aliphatic rings. The predicted octanol–water partition coefficient (Wildman–Crippen LogP) is 1.62. The zero-order chi connectivity index (χ0) is 20.6. The first-order valence-corrected chi connectivity index (χ1v) is 9.15. The number of fused-ring (bicyclic) bond motifs is 1. The fourth-order valence-electron chi connectivity index (χ4n) is 3.88. The monoisotopic (exact) mass is 398 g/mol. The van der Waals surface area contributed by atoms with E-state index in [9.17, 15) is 24.2 Å². The molecule has 2 heterocycles. The topological polar surface area (TPSA) is 119 Å². The summed E-state index contributed by atoms with van der Waals surface area (Å²) in [5.74, 6) is -2.06. The number of carboxylic acids is 1. The molecule has 29 heavy (non-hydrogen) atoms. The van der Waals surface area contributed by atoms with E-state index >= 15 is 0 Å². The van der Waals surface area contributed by atoms with Crippen LogP contribution in [0.2, 0.25) is 0 Å². The highest BCUT2D eigenvalue weighted by molar-refractivity contribution is 5.97. The summed E-state index contributed by atoms with van der Waals surface area (Å²) in [5.41, 5.74) is 0.316. The SMILES string of the molecule is O=C(c1ccc2n[nH]nc2c1)N1CC[C@H](O)[C@](Cc2cccc(F)c2)(C(=O)O)C1. The Labute approximate surface area is 165 Å². The highest BCUT2D eigenvalue weighted by atomic mass is 19.1. The third-order valence-electron chi connectivity index (χ3n) is 5.47. The third-order valence-corrected chi connectivity index (χ3v) is 5.47. The van der Waals surface area contributed by atoms with Crippen molar-refractivity contribution in [1.29, 1.82) is 0 Å². The van der Waals surface area contributed by atoms with Crippen molar-refractivity contribution in [2.75, 3.05) is 13.1 Å². The lowest BCUT2D eigenvalue weighted by atomic mass is 9.72. The van der Waals surface area contributed by atoms with Crippen molar-refractivity contribution in [2.24, 2.45) is 5.41 Å². The Bertz CT molecular complexity index is 1090. The van der Waals surface area contributed by atoms with Crippen molar-refractivity contribution < 1.29 is 24.2 Å². The number of hydrogen-bond donors (Lipinski definition) is 3. The zero-order valence-corrected chi connectivity index (χ0v) is 15.4. The van der Waals surface area contributed by atoms with Crippen LogP contribution in [0.25, 0.3) is 11.0 Å². The second-order valence-electron chi connectivity index (χ2n) is 7.33. The molecule has 4 rings (SSSR count). The van der Waals surface area contributed by atoms with Gasteiger partial charge < -0.3 is 15.1 Å². The van der Waals surface area contributed by atoms with Crippen molar-refractivity contribution in [3.8, 4) is 0 Å². The molecule has 0 unspecified atom stereocenters. The number of aliphatic carboxylic acids is 1. The second kappa shape index (κ2) is 7.25. The minimum absolute atomic E-state index is 0.0899. The van der Waals surface area contributed by atoms with Crippen molar-refractivity contribution in [2.45, 2.75) is 18.9 Å². The van der Waals surface area contributed by atoms with Crippen LogP contribution in [0.4, 0.5) is 4.39 Å². The van der Waals surface area contributed by atoms with Crippen LogP contribution in [0.3, 0.4) is 0 Å². The number of aromatic nitrogens is 3. The van der Waals surface area contributed by atoms with Gasteiger partial charge in [-0.1, -0.05) is 12.1 Å². The standard InChI is InChI=1S/C20H19FN4O4/c21-14-3-1-2-12(8-14)10-20(19(28)29)11-25(7-6-17(20)26)18(27)13-4-5-15-16(9-13)23-24-22-15/h1-5,8-9,17,26H,6-7,10-11H2,(H,28,29)(H,22,23,24)/t17-,20+/m0/s1. The lowest BCUT2D eigenvalue weighted by molar-refractivity contribution is -0.161. The van der Waals surface area contributed by atoms with Crippen LogP contribution in [0, 0.1) is 11.2 Å². The summed E-state index contributed by atoms with van der Waals surface area (Å²) in [7, 11) is 0. The lowest BCUT2D eigenvalue weighted by Gasteiger charge is -2.43. The molecule has 3 aromatic rings. The number of aromatic amines is 1. The molecule has 2 aromatic carbocycles. The molecule has 0 spiro atoms. The average molecular weight is 398 g/mol. The van der Waals surface area contributed by atoms with Gasteiger partial charge in [-0.3, -0.25) is 9.59 Å². The Kier molecular flexibility index (Phi) is 4.75. The van der Waals surface area contributed by atoms with E-state index in [-0.39, 0.29) is 31.8 Å². The third kappa shape index (κ3) is 3.44. The highest BCUT2D eigenvalue weighted by Gasteiger charge is 2.50. The Balaban J connectivity index is 1.64. The van der Waals surface area contributed by atoms with E-state index in [4.69, 9.17) is 0 Å². The van der Waals surface area contributed by atoms with E-state index in [1.54, 1.807) is 24.3 Å². The Morgan fingerprint density at radius 2 is 2.00 bits per heavy atom. The fraction of sp³-hybridized carbons (Fsp3) is 0.300. The van der Waals surface area contributed by atoms with Crippen LogP contribution in [-0.2, 0) is 11.2 Å². The number of carbonyl (C=O) groups is 2.